The van der Waals surface area contributed by atoms with Crippen molar-refractivity contribution in [2.75, 3.05) is 18.5 Å². The van der Waals surface area contributed by atoms with Crippen molar-refractivity contribution in [1.29, 1.82) is 0 Å². The lowest BCUT2D eigenvalue weighted by atomic mass is 10.1. The van der Waals surface area contributed by atoms with Crippen LogP contribution in [0.15, 0.2) is 48.5 Å². The SMILES string of the molecule is CCCCOc1ccccc1NCCCc1ccccc1Cl. The van der Waals surface area contributed by atoms with Crippen molar-refractivity contribution in [2.45, 2.75) is 32.6 Å². The van der Waals surface area contributed by atoms with Gasteiger partial charge < -0.3 is 10.1 Å². The third kappa shape index (κ3) is 5.27. The molecule has 0 aromatic heterocycles. The molecule has 0 saturated carbocycles. The standard InChI is InChI=1S/C19H24ClNO/c1-2-3-15-22-19-13-7-6-12-18(19)21-14-8-10-16-9-4-5-11-17(16)20/h4-7,9,11-13,21H,2-3,8,10,14-15H2,1H3. The number of unbranched alkanes of at least 4 members (excludes halogenated alkanes) is 1. The summed E-state index contributed by atoms with van der Waals surface area (Å²) in [6, 6.07) is 16.2. The third-order valence-corrected chi connectivity index (χ3v) is 3.91. The lowest BCUT2D eigenvalue weighted by Gasteiger charge is -2.13. The first-order valence-electron chi connectivity index (χ1n) is 8.00. The first kappa shape index (κ1) is 16.7. The largest absolute Gasteiger partial charge is 0.491 e. The van der Waals surface area contributed by atoms with Crippen molar-refractivity contribution < 1.29 is 4.74 Å². The Morgan fingerprint density at radius 1 is 1.00 bits per heavy atom. The summed E-state index contributed by atoms with van der Waals surface area (Å²) in [5, 5.41) is 4.31. The number of nitrogens with one attached hydrogen (secondary N) is 1. The van der Waals surface area contributed by atoms with Gasteiger partial charge in [0.2, 0.25) is 0 Å². The van der Waals surface area contributed by atoms with Crippen LogP contribution in [-0.2, 0) is 6.42 Å². The first-order valence-corrected chi connectivity index (χ1v) is 8.38. The van der Waals surface area contributed by atoms with E-state index in [2.05, 4.69) is 24.4 Å². The molecule has 2 nitrogen and oxygen atoms in total. The fourth-order valence-electron chi connectivity index (χ4n) is 2.27. The predicted octanol–water partition coefficient (Wildman–Crippen LogP) is 5.56. The van der Waals surface area contributed by atoms with Crippen LogP contribution >= 0.6 is 11.6 Å². The zero-order chi connectivity index (χ0) is 15.6. The minimum absolute atomic E-state index is 0.773. The summed E-state index contributed by atoms with van der Waals surface area (Å²) >= 11 is 6.18. The lowest BCUT2D eigenvalue weighted by molar-refractivity contribution is 0.310. The zero-order valence-electron chi connectivity index (χ0n) is 13.1. The fraction of sp³-hybridized carbons (Fsp3) is 0.368. The highest BCUT2D eigenvalue weighted by molar-refractivity contribution is 6.31. The van der Waals surface area contributed by atoms with E-state index in [0.29, 0.717) is 0 Å². The molecule has 3 heteroatoms. The molecule has 1 N–H and O–H groups in total. The Morgan fingerprint density at radius 3 is 2.59 bits per heavy atom. The Morgan fingerprint density at radius 2 is 1.77 bits per heavy atom. The molecule has 0 saturated heterocycles. The van der Waals surface area contributed by atoms with Crippen LogP contribution in [0.5, 0.6) is 5.75 Å². The van der Waals surface area contributed by atoms with Crippen molar-refractivity contribution >= 4 is 17.3 Å². The quantitative estimate of drug-likeness (QED) is 0.611. The summed E-state index contributed by atoms with van der Waals surface area (Å²) in [6.45, 7) is 3.84. The van der Waals surface area contributed by atoms with Gasteiger partial charge in [0, 0.05) is 11.6 Å². The van der Waals surface area contributed by atoms with Crippen molar-refractivity contribution in [3.05, 3.63) is 59.1 Å². The van der Waals surface area contributed by atoms with Crippen LogP contribution in [0.25, 0.3) is 0 Å². The molecule has 2 aromatic rings. The molecule has 0 aliphatic carbocycles. The maximum Gasteiger partial charge on any atom is 0.142 e. The van der Waals surface area contributed by atoms with E-state index in [1.807, 2.05) is 36.4 Å². The lowest BCUT2D eigenvalue weighted by Crippen LogP contribution is -2.06. The number of aryl methyl sites for hydroxylation is 1. The summed E-state index contributed by atoms with van der Waals surface area (Å²) in [7, 11) is 0. The maximum atomic E-state index is 6.18. The van der Waals surface area contributed by atoms with E-state index in [4.69, 9.17) is 16.3 Å². The summed E-state index contributed by atoms with van der Waals surface area (Å²) in [5.74, 6) is 0.939. The van der Waals surface area contributed by atoms with Gasteiger partial charge in [0.05, 0.1) is 12.3 Å². The van der Waals surface area contributed by atoms with Gasteiger partial charge >= 0.3 is 0 Å². The number of rotatable bonds is 9. The average molecular weight is 318 g/mol. The second-order valence-electron chi connectivity index (χ2n) is 5.32. The number of halogens is 1. The van der Waals surface area contributed by atoms with Crippen LogP contribution in [-0.4, -0.2) is 13.2 Å². The molecule has 0 heterocycles. The van der Waals surface area contributed by atoms with Gasteiger partial charge in [-0.1, -0.05) is 55.3 Å². The molecule has 0 bridgehead atoms. The Kier molecular flexibility index (Phi) is 7.11. The van der Waals surface area contributed by atoms with Gasteiger partial charge in [0.15, 0.2) is 0 Å². The van der Waals surface area contributed by atoms with Crippen LogP contribution in [0.2, 0.25) is 5.02 Å². The molecular weight excluding hydrogens is 294 g/mol. The number of hydrogen-bond acceptors (Lipinski definition) is 2. The van der Waals surface area contributed by atoms with E-state index in [9.17, 15) is 0 Å². The highest BCUT2D eigenvalue weighted by Gasteiger charge is 2.03. The van der Waals surface area contributed by atoms with E-state index in [1.165, 1.54) is 5.56 Å². The highest BCUT2D eigenvalue weighted by Crippen LogP contribution is 2.24. The topological polar surface area (TPSA) is 21.3 Å². The third-order valence-electron chi connectivity index (χ3n) is 3.54. The van der Waals surface area contributed by atoms with E-state index in [-0.39, 0.29) is 0 Å². The molecule has 22 heavy (non-hydrogen) atoms. The number of anilines is 1. The molecule has 118 valence electrons. The van der Waals surface area contributed by atoms with E-state index >= 15 is 0 Å². The number of para-hydroxylation sites is 2. The minimum atomic E-state index is 0.773. The average Bonchev–Trinajstić information content (AvgIpc) is 2.54. The fourth-order valence-corrected chi connectivity index (χ4v) is 2.50. The van der Waals surface area contributed by atoms with Crippen LogP contribution in [0.4, 0.5) is 5.69 Å². The molecule has 0 fully saturated rings. The molecule has 0 spiro atoms. The van der Waals surface area contributed by atoms with Crippen LogP contribution in [0.1, 0.15) is 31.7 Å². The van der Waals surface area contributed by atoms with Crippen LogP contribution < -0.4 is 10.1 Å². The van der Waals surface area contributed by atoms with Crippen LogP contribution in [0.3, 0.4) is 0 Å². The smallest absolute Gasteiger partial charge is 0.142 e. The molecule has 0 aliphatic heterocycles. The van der Waals surface area contributed by atoms with Crippen LogP contribution in [0, 0.1) is 0 Å². The second kappa shape index (κ2) is 9.37. The zero-order valence-corrected chi connectivity index (χ0v) is 13.9. The van der Waals surface area contributed by atoms with Crippen molar-refractivity contribution in [3.63, 3.8) is 0 Å². The van der Waals surface area contributed by atoms with E-state index in [1.54, 1.807) is 0 Å². The van der Waals surface area contributed by atoms with Crippen molar-refractivity contribution in [1.82, 2.24) is 0 Å². The van der Waals surface area contributed by atoms with Crippen molar-refractivity contribution in [3.8, 4) is 5.75 Å². The summed E-state index contributed by atoms with van der Waals surface area (Å²) in [6.07, 6.45) is 4.24. The van der Waals surface area contributed by atoms with E-state index < -0.39 is 0 Å². The Bertz CT molecular complexity index is 571. The normalized spacial score (nSPS) is 10.5. The van der Waals surface area contributed by atoms with Gasteiger partial charge in [-0.05, 0) is 43.0 Å². The maximum absolute atomic E-state index is 6.18. The summed E-state index contributed by atoms with van der Waals surface area (Å²) in [5.41, 5.74) is 2.27. The monoisotopic (exact) mass is 317 g/mol. The van der Waals surface area contributed by atoms with Gasteiger partial charge in [-0.3, -0.25) is 0 Å². The van der Waals surface area contributed by atoms with Crippen molar-refractivity contribution in [2.24, 2.45) is 0 Å². The molecular formula is C19H24ClNO. The predicted molar refractivity (Wildman–Crippen MR) is 95.1 cm³/mol. The summed E-state index contributed by atoms with van der Waals surface area (Å²) < 4.78 is 5.83. The van der Waals surface area contributed by atoms with Gasteiger partial charge in [0.25, 0.3) is 0 Å². The number of hydrogen-bond donors (Lipinski definition) is 1. The molecule has 0 amide bonds. The minimum Gasteiger partial charge on any atom is -0.491 e. The van der Waals surface area contributed by atoms with E-state index in [0.717, 1.165) is 55.3 Å². The molecule has 0 radical (unpaired) electrons. The second-order valence-corrected chi connectivity index (χ2v) is 5.73. The molecule has 0 unspecified atom stereocenters. The first-order chi connectivity index (χ1) is 10.8. The summed E-state index contributed by atoms with van der Waals surface area (Å²) in [4.78, 5) is 0. The van der Waals surface area contributed by atoms with Gasteiger partial charge in [-0.15, -0.1) is 0 Å². The number of ether oxygens (including phenoxy) is 1. The Hall–Kier alpha value is -1.67. The number of benzene rings is 2. The van der Waals surface area contributed by atoms with Gasteiger partial charge in [-0.2, -0.15) is 0 Å². The molecule has 2 aromatic carbocycles. The Balaban J connectivity index is 1.80. The Labute approximate surface area is 138 Å². The molecule has 2 rings (SSSR count). The highest BCUT2D eigenvalue weighted by atomic mass is 35.5. The van der Waals surface area contributed by atoms with Gasteiger partial charge in [-0.25, -0.2) is 0 Å². The van der Waals surface area contributed by atoms with Gasteiger partial charge in [0.1, 0.15) is 5.75 Å². The molecule has 0 aliphatic rings. The molecule has 0 atom stereocenters.